The van der Waals surface area contributed by atoms with E-state index in [4.69, 9.17) is 4.42 Å². The summed E-state index contributed by atoms with van der Waals surface area (Å²) in [6, 6.07) is 7.96. The van der Waals surface area contributed by atoms with Crippen molar-refractivity contribution in [2.24, 2.45) is 0 Å². The summed E-state index contributed by atoms with van der Waals surface area (Å²) in [6.07, 6.45) is 3.55. The second-order valence-electron chi connectivity index (χ2n) is 3.91. The van der Waals surface area contributed by atoms with Gasteiger partial charge in [0.2, 0.25) is 0 Å². The van der Waals surface area contributed by atoms with Crippen LogP contribution in [0.2, 0.25) is 0 Å². The molecule has 2 aromatic rings. The maximum atomic E-state index is 5.49. The summed E-state index contributed by atoms with van der Waals surface area (Å²) in [6.45, 7) is 4.20. The topological polar surface area (TPSA) is 26.0 Å². The monoisotopic (exact) mass is 279 g/mol. The molecule has 2 aromatic heterocycles. The minimum Gasteiger partial charge on any atom is -0.468 e. The maximum Gasteiger partial charge on any atom is 0.120 e. The molecule has 0 aliphatic rings. The molecule has 0 bridgehead atoms. The van der Waals surface area contributed by atoms with Crippen molar-refractivity contribution in [3.8, 4) is 0 Å². The van der Waals surface area contributed by atoms with Gasteiger partial charge >= 0.3 is 0 Å². The maximum absolute atomic E-state index is 5.49. The Morgan fingerprint density at radius 2 is 2.12 bits per heavy atom. The zero-order valence-corrected chi connectivity index (χ0v) is 10.9. The Morgan fingerprint density at radius 3 is 2.69 bits per heavy atom. The van der Waals surface area contributed by atoms with Gasteiger partial charge in [0.25, 0.3) is 0 Å². The van der Waals surface area contributed by atoms with Gasteiger partial charge in [-0.3, -0.25) is 4.98 Å². The number of rotatable bonds is 3. The Bertz CT molecular complexity index is 452. The average molecular weight is 280 g/mol. The van der Waals surface area contributed by atoms with Crippen LogP contribution in [0.1, 0.15) is 34.7 Å². The zero-order valence-electron chi connectivity index (χ0n) is 9.35. The molecule has 0 aliphatic carbocycles. The lowest BCUT2D eigenvalue weighted by Gasteiger charge is -2.16. The minimum absolute atomic E-state index is 0.164. The van der Waals surface area contributed by atoms with Gasteiger partial charge in [-0.2, -0.15) is 0 Å². The van der Waals surface area contributed by atoms with E-state index in [0.717, 1.165) is 11.5 Å². The van der Waals surface area contributed by atoms with E-state index >= 15 is 0 Å². The molecule has 2 heterocycles. The van der Waals surface area contributed by atoms with Crippen LogP contribution in [0.4, 0.5) is 0 Å². The fourth-order valence-electron chi connectivity index (χ4n) is 1.69. The summed E-state index contributed by atoms with van der Waals surface area (Å²) in [5.74, 6) is 1.27. The zero-order chi connectivity index (χ0) is 11.5. The molecule has 2 rings (SSSR count). The van der Waals surface area contributed by atoms with Crippen LogP contribution in [-0.2, 0) is 0 Å². The summed E-state index contributed by atoms with van der Waals surface area (Å²) in [4.78, 5) is 4.53. The van der Waals surface area contributed by atoms with E-state index in [1.54, 1.807) is 6.26 Å². The third-order valence-corrected chi connectivity index (χ3v) is 3.95. The third-order valence-electron chi connectivity index (χ3n) is 2.75. The van der Waals surface area contributed by atoms with Crippen LogP contribution in [0.25, 0.3) is 0 Å². The summed E-state index contributed by atoms with van der Waals surface area (Å²) in [5.41, 5.74) is 2.24. The van der Waals surface area contributed by atoms with Crippen molar-refractivity contribution in [1.29, 1.82) is 0 Å². The normalized spacial score (nSPS) is 14.7. The molecule has 0 aromatic carbocycles. The molecule has 0 saturated carbocycles. The van der Waals surface area contributed by atoms with Crippen molar-refractivity contribution in [2.75, 3.05) is 0 Å². The lowest BCUT2D eigenvalue weighted by atomic mass is 10.00. The highest BCUT2D eigenvalue weighted by Gasteiger charge is 2.22. The largest absolute Gasteiger partial charge is 0.468 e. The summed E-state index contributed by atoms with van der Waals surface area (Å²) >= 11 is 3.68. The predicted molar refractivity (Wildman–Crippen MR) is 67.8 cm³/mol. The number of hydrogen-bond acceptors (Lipinski definition) is 2. The Labute approximate surface area is 104 Å². The first-order chi connectivity index (χ1) is 7.70. The van der Waals surface area contributed by atoms with Gasteiger partial charge in [-0.25, -0.2) is 0 Å². The molecule has 0 aliphatic heterocycles. The second-order valence-corrected chi connectivity index (χ2v) is 4.90. The number of aryl methyl sites for hydroxylation is 1. The van der Waals surface area contributed by atoms with E-state index in [-0.39, 0.29) is 10.7 Å². The van der Waals surface area contributed by atoms with E-state index in [1.807, 2.05) is 30.5 Å². The fraction of sp³-hybridized carbons (Fsp3) is 0.308. The molecule has 0 amide bonds. The van der Waals surface area contributed by atoms with Crippen LogP contribution in [0.5, 0.6) is 0 Å². The number of furan rings is 1. The summed E-state index contributed by atoms with van der Waals surface area (Å²) in [7, 11) is 0. The molecule has 0 radical (unpaired) electrons. The molecular weight excluding hydrogens is 266 g/mol. The first kappa shape index (κ1) is 11.4. The van der Waals surface area contributed by atoms with Crippen molar-refractivity contribution in [3.63, 3.8) is 0 Å². The van der Waals surface area contributed by atoms with Crippen molar-refractivity contribution in [2.45, 2.75) is 24.6 Å². The van der Waals surface area contributed by atoms with Gasteiger partial charge < -0.3 is 4.42 Å². The highest BCUT2D eigenvalue weighted by molar-refractivity contribution is 9.09. The van der Waals surface area contributed by atoms with Crippen molar-refractivity contribution in [3.05, 3.63) is 53.7 Å². The minimum atomic E-state index is 0.164. The number of hydrogen-bond donors (Lipinski definition) is 0. The van der Waals surface area contributed by atoms with Gasteiger partial charge in [-0.15, -0.1) is 0 Å². The van der Waals surface area contributed by atoms with Crippen LogP contribution >= 0.6 is 15.9 Å². The molecule has 2 atom stereocenters. The second kappa shape index (κ2) is 4.83. The quantitative estimate of drug-likeness (QED) is 0.787. The highest BCUT2D eigenvalue weighted by atomic mass is 79.9. The molecule has 3 heteroatoms. The van der Waals surface area contributed by atoms with Gasteiger partial charge in [-0.1, -0.05) is 28.9 Å². The number of pyridine rings is 1. The smallest absolute Gasteiger partial charge is 0.120 e. The fourth-order valence-corrected chi connectivity index (χ4v) is 2.43. The molecule has 0 fully saturated rings. The standard InChI is InChI=1S/C13H14BrNO/c1-9-6-8-16-13(9)12(14)10(2)11-5-3-4-7-15-11/h3-8,10,12H,1-2H3. The first-order valence-electron chi connectivity index (χ1n) is 5.29. The highest BCUT2D eigenvalue weighted by Crippen LogP contribution is 2.38. The Kier molecular flexibility index (Phi) is 3.44. The molecule has 84 valence electrons. The van der Waals surface area contributed by atoms with Gasteiger partial charge in [0.15, 0.2) is 0 Å². The summed E-state index contributed by atoms with van der Waals surface area (Å²) < 4.78 is 5.49. The lowest BCUT2D eigenvalue weighted by Crippen LogP contribution is -2.04. The molecule has 2 nitrogen and oxygen atoms in total. The molecule has 0 N–H and O–H groups in total. The number of aromatic nitrogens is 1. The molecule has 0 saturated heterocycles. The average Bonchev–Trinajstić information content (AvgIpc) is 2.75. The van der Waals surface area contributed by atoms with E-state index in [1.165, 1.54) is 5.56 Å². The molecule has 16 heavy (non-hydrogen) atoms. The predicted octanol–water partition coefficient (Wildman–Crippen LogP) is 4.22. The van der Waals surface area contributed by atoms with Crippen LogP contribution < -0.4 is 0 Å². The Balaban J connectivity index is 2.23. The van der Waals surface area contributed by atoms with Gasteiger partial charge in [-0.05, 0) is 30.7 Å². The summed E-state index contributed by atoms with van der Waals surface area (Å²) in [5, 5.41) is 0. The number of nitrogens with zero attached hydrogens (tertiary/aromatic N) is 1. The van der Waals surface area contributed by atoms with Crippen LogP contribution in [0.3, 0.4) is 0 Å². The molecule has 2 unspecified atom stereocenters. The van der Waals surface area contributed by atoms with E-state index in [9.17, 15) is 0 Å². The van der Waals surface area contributed by atoms with Gasteiger partial charge in [0, 0.05) is 17.8 Å². The first-order valence-corrected chi connectivity index (χ1v) is 6.20. The van der Waals surface area contributed by atoms with Crippen molar-refractivity contribution < 1.29 is 4.42 Å². The van der Waals surface area contributed by atoms with E-state index < -0.39 is 0 Å². The van der Waals surface area contributed by atoms with E-state index in [2.05, 4.69) is 34.8 Å². The van der Waals surface area contributed by atoms with Crippen molar-refractivity contribution >= 4 is 15.9 Å². The van der Waals surface area contributed by atoms with Gasteiger partial charge in [0.05, 0.1) is 11.1 Å². The van der Waals surface area contributed by atoms with Crippen LogP contribution in [0, 0.1) is 6.92 Å². The van der Waals surface area contributed by atoms with Crippen molar-refractivity contribution in [1.82, 2.24) is 4.98 Å². The number of halogens is 1. The van der Waals surface area contributed by atoms with Crippen LogP contribution in [0.15, 0.2) is 41.1 Å². The third kappa shape index (κ3) is 2.19. The molecular formula is C13H14BrNO. The van der Waals surface area contributed by atoms with E-state index in [0.29, 0.717) is 0 Å². The van der Waals surface area contributed by atoms with Crippen LogP contribution in [-0.4, -0.2) is 4.98 Å². The lowest BCUT2D eigenvalue weighted by molar-refractivity contribution is 0.485. The SMILES string of the molecule is Cc1ccoc1C(Br)C(C)c1ccccn1. The Morgan fingerprint density at radius 1 is 1.31 bits per heavy atom. The van der Waals surface area contributed by atoms with Gasteiger partial charge in [0.1, 0.15) is 5.76 Å². The number of alkyl halides is 1. The molecule has 0 spiro atoms. The Hall–Kier alpha value is -1.09.